The lowest BCUT2D eigenvalue weighted by atomic mass is 10.1. The van der Waals surface area contributed by atoms with Crippen molar-refractivity contribution in [3.05, 3.63) is 85.9 Å². The van der Waals surface area contributed by atoms with Gasteiger partial charge in [-0.15, -0.1) is 0 Å². The number of ether oxygens (including phenoxy) is 1. The largest absolute Gasteiger partial charge is 0.487 e. The molecule has 13 heteroatoms. The lowest BCUT2D eigenvalue weighted by Gasteiger charge is -2.13. The molecule has 1 heterocycles. The molecule has 0 unspecified atom stereocenters. The minimum atomic E-state index is -2.78. The first-order chi connectivity index (χ1) is 19.5. The molecular formula is C28H24Cl3F3N4O3. The molecule has 0 radical (unpaired) electrons. The first-order valence-corrected chi connectivity index (χ1v) is 13.5. The molecule has 0 aliphatic heterocycles. The fourth-order valence-electron chi connectivity index (χ4n) is 4.07. The van der Waals surface area contributed by atoms with Gasteiger partial charge in [0.05, 0.1) is 26.6 Å². The lowest BCUT2D eigenvalue weighted by molar-refractivity contribution is -0.120. The number of hydrogen-bond donors (Lipinski definition) is 2. The first-order valence-electron chi connectivity index (χ1n) is 12.4. The maximum Gasteiger partial charge on any atom is 0.272 e. The van der Waals surface area contributed by atoms with E-state index in [0.717, 1.165) is 6.07 Å². The maximum absolute atomic E-state index is 13.5. The van der Waals surface area contributed by atoms with Crippen LogP contribution in [0.2, 0.25) is 15.1 Å². The number of anilines is 1. The van der Waals surface area contributed by atoms with Crippen LogP contribution in [-0.4, -0.2) is 34.4 Å². The van der Waals surface area contributed by atoms with Crippen molar-refractivity contribution < 1.29 is 27.5 Å². The molecular weight excluding hydrogens is 604 g/mol. The van der Waals surface area contributed by atoms with Crippen LogP contribution >= 0.6 is 34.8 Å². The van der Waals surface area contributed by atoms with Gasteiger partial charge in [-0.1, -0.05) is 47.8 Å². The molecule has 216 valence electrons. The first kappa shape index (κ1) is 30.5. The second-order valence-corrected chi connectivity index (χ2v) is 10.2. The van der Waals surface area contributed by atoms with Crippen LogP contribution in [0.15, 0.2) is 42.5 Å². The van der Waals surface area contributed by atoms with Crippen molar-refractivity contribution in [2.24, 2.45) is 7.05 Å². The summed E-state index contributed by atoms with van der Waals surface area (Å²) in [5, 5.41) is 5.92. The van der Waals surface area contributed by atoms with Gasteiger partial charge in [0, 0.05) is 43.2 Å². The normalized spacial score (nSPS) is 11.2. The minimum absolute atomic E-state index is 0.0621. The van der Waals surface area contributed by atoms with E-state index >= 15 is 0 Å². The van der Waals surface area contributed by atoms with Crippen LogP contribution in [-0.2, 0) is 24.8 Å². The van der Waals surface area contributed by atoms with E-state index in [1.807, 2.05) is 0 Å². The Morgan fingerprint density at radius 2 is 1.83 bits per heavy atom. The number of carbonyl (C=O) groups excluding carboxylic acids is 2. The molecule has 2 amide bonds. The summed E-state index contributed by atoms with van der Waals surface area (Å²) in [4.78, 5) is 29.5. The number of benzene rings is 3. The van der Waals surface area contributed by atoms with E-state index in [-0.39, 0.29) is 40.9 Å². The van der Waals surface area contributed by atoms with Gasteiger partial charge in [0.15, 0.2) is 0 Å². The summed E-state index contributed by atoms with van der Waals surface area (Å²) in [6.07, 6.45) is -2.25. The van der Waals surface area contributed by atoms with Gasteiger partial charge in [-0.05, 0) is 41.5 Å². The zero-order valence-electron chi connectivity index (χ0n) is 21.8. The number of halogens is 6. The third-order valence-corrected chi connectivity index (χ3v) is 7.37. The Bertz CT molecular complexity index is 1630. The van der Waals surface area contributed by atoms with Crippen LogP contribution in [0.3, 0.4) is 0 Å². The number of amides is 2. The Labute approximate surface area is 248 Å². The fourth-order valence-corrected chi connectivity index (χ4v) is 4.82. The Morgan fingerprint density at radius 3 is 2.51 bits per heavy atom. The molecule has 0 bridgehead atoms. The fraction of sp³-hybridized carbons (Fsp3) is 0.250. The highest BCUT2D eigenvalue weighted by Gasteiger charge is 2.21. The molecule has 0 aliphatic carbocycles. The van der Waals surface area contributed by atoms with Crippen LogP contribution in [0, 0.1) is 5.82 Å². The quantitative estimate of drug-likeness (QED) is 0.195. The summed E-state index contributed by atoms with van der Waals surface area (Å²) < 4.78 is 46.6. The van der Waals surface area contributed by atoms with Gasteiger partial charge in [0.25, 0.3) is 12.3 Å². The summed E-state index contributed by atoms with van der Waals surface area (Å²) >= 11 is 18.9. The molecule has 4 aromatic rings. The number of aromatic nitrogens is 2. The van der Waals surface area contributed by atoms with Crippen molar-refractivity contribution in [3.8, 4) is 5.75 Å². The van der Waals surface area contributed by atoms with Crippen molar-refractivity contribution in [1.29, 1.82) is 0 Å². The van der Waals surface area contributed by atoms with Crippen LogP contribution < -0.4 is 15.4 Å². The number of imidazole rings is 1. The Hall–Kier alpha value is -3.47. The number of carbonyl (C=O) groups is 2. The molecule has 1 aromatic heterocycles. The van der Waals surface area contributed by atoms with Crippen molar-refractivity contribution >= 4 is 63.3 Å². The van der Waals surface area contributed by atoms with Crippen LogP contribution in [0.5, 0.6) is 5.75 Å². The van der Waals surface area contributed by atoms with E-state index in [1.54, 1.807) is 30.7 Å². The van der Waals surface area contributed by atoms with Gasteiger partial charge >= 0.3 is 0 Å². The van der Waals surface area contributed by atoms with E-state index in [2.05, 4.69) is 15.6 Å². The number of rotatable bonds is 10. The van der Waals surface area contributed by atoms with Gasteiger partial charge in [-0.2, -0.15) is 0 Å². The van der Waals surface area contributed by atoms with Crippen LogP contribution in [0.4, 0.5) is 18.9 Å². The van der Waals surface area contributed by atoms with E-state index in [4.69, 9.17) is 39.5 Å². The topological polar surface area (TPSA) is 85.2 Å². The molecule has 0 fully saturated rings. The number of nitrogens with one attached hydrogen (secondary N) is 2. The molecule has 0 spiro atoms. The second-order valence-electron chi connectivity index (χ2n) is 9.02. The highest BCUT2D eigenvalue weighted by atomic mass is 35.5. The summed E-state index contributed by atoms with van der Waals surface area (Å²) in [5.41, 5.74) is 2.27. The summed E-state index contributed by atoms with van der Waals surface area (Å²) in [6, 6.07) is 9.89. The standard InChI is InChI=1S/C28H24Cl3F3N4O3/c1-3-26(39)35-12-14-4-6-18(29)16(27(14)31)10-25-37-21-9-17(23(41-13-24(33)34)11-22(21)38(25)2)28(40)36-15-5-7-20(32)19(30)8-15/h4-9,11,24H,3,10,12-13H2,1-2H3,(H,35,39)(H,36,40). The molecule has 4 rings (SSSR count). The van der Waals surface area contributed by atoms with Crippen molar-refractivity contribution in [2.75, 3.05) is 11.9 Å². The third-order valence-electron chi connectivity index (χ3n) is 6.26. The molecule has 7 nitrogen and oxygen atoms in total. The number of aryl methyl sites for hydroxylation is 1. The smallest absolute Gasteiger partial charge is 0.272 e. The number of nitrogens with zero attached hydrogens (tertiary/aromatic N) is 2. The molecule has 41 heavy (non-hydrogen) atoms. The SMILES string of the molecule is CCC(=O)NCc1ccc(Cl)c(Cc2nc3cc(C(=O)Nc4ccc(F)c(Cl)c4)c(OCC(F)F)cc3n2C)c1Cl. The zero-order chi connectivity index (χ0) is 29.8. The van der Waals surface area contributed by atoms with E-state index in [1.165, 1.54) is 24.3 Å². The van der Waals surface area contributed by atoms with Gasteiger partial charge < -0.3 is 19.9 Å². The third kappa shape index (κ3) is 7.06. The van der Waals surface area contributed by atoms with Crippen molar-refractivity contribution in [3.63, 3.8) is 0 Å². The molecule has 0 aliphatic rings. The van der Waals surface area contributed by atoms with Gasteiger partial charge in [0.1, 0.15) is 24.0 Å². The molecule has 3 aromatic carbocycles. The van der Waals surface area contributed by atoms with Crippen LogP contribution in [0.1, 0.15) is 40.7 Å². The Kier molecular flexibility index (Phi) is 9.68. The van der Waals surface area contributed by atoms with E-state index < -0.39 is 24.8 Å². The predicted octanol–water partition coefficient (Wildman–Crippen LogP) is 7.19. The summed E-state index contributed by atoms with van der Waals surface area (Å²) in [7, 11) is 1.72. The van der Waals surface area contributed by atoms with E-state index in [0.29, 0.717) is 44.5 Å². The van der Waals surface area contributed by atoms with Gasteiger partial charge in [-0.25, -0.2) is 18.2 Å². The Morgan fingerprint density at radius 1 is 1.07 bits per heavy atom. The van der Waals surface area contributed by atoms with E-state index in [9.17, 15) is 22.8 Å². The van der Waals surface area contributed by atoms with Crippen molar-refractivity contribution in [1.82, 2.24) is 14.9 Å². The number of hydrogen-bond acceptors (Lipinski definition) is 4. The van der Waals surface area contributed by atoms with Crippen molar-refractivity contribution in [2.45, 2.75) is 32.7 Å². The van der Waals surface area contributed by atoms with Crippen LogP contribution in [0.25, 0.3) is 11.0 Å². The highest BCUT2D eigenvalue weighted by molar-refractivity contribution is 6.36. The average molecular weight is 628 g/mol. The number of alkyl halides is 2. The zero-order valence-corrected chi connectivity index (χ0v) is 24.1. The summed E-state index contributed by atoms with van der Waals surface area (Å²) in [5.74, 6) is -1.06. The summed E-state index contributed by atoms with van der Waals surface area (Å²) in [6.45, 7) is 1.03. The lowest BCUT2D eigenvalue weighted by Crippen LogP contribution is -2.21. The molecule has 0 saturated heterocycles. The average Bonchev–Trinajstić information content (AvgIpc) is 3.24. The predicted molar refractivity (Wildman–Crippen MR) is 153 cm³/mol. The molecule has 0 atom stereocenters. The van der Waals surface area contributed by atoms with Gasteiger partial charge in [0.2, 0.25) is 5.91 Å². The monoisotopic (exact) mass is 626 g/mol. The van der Waals surface area contributed by atoms with Gasteiger partial charge in [-0.3, -0.25) is 9.59 Å². The molecule has 2 N–H and O–H groups in total. The Balaban J connectivity index is 1.70. The molecule has 0 saturated carbocycles. The number of fused-ring (bicyclic) bond motifs is 1. The minimum Gasteiger partial charge on any atom is -0.487 e. The maximum atomic E-state index is 13.5. The second kappa shape index (κ2) is 13.0. The highest BCUT2D eigenvalue weighted by Crippen LogP contribution is 2.33.